The number of likely N-dealkylation sites (tertiary alicyclic amines) is 1. The average molecular weight is 561 g/mol. The Morgan fingerprint density at radius 3 is 2.63 bits per heavy atom. The van der Waals surface area contributed by atoms with E-state index in [9.17, 15) is 14.4 Å². The van der Waals surface area contributed by atoms with E-state index in [1.54, 1.807) is 48.5 Å². The Labute approximate surface area is 231 Å². The molecule has 12 heteroatoms. The van der Waals surface area contributed by atoms with Gasteiger partial charge in [0, 0.05) is 49.6 Å². The van der Waals surface area contributed by atoms with Gasteiger partial charge in [-0.1, -0.05) is 0 Å². The Kier molecular flexibility index (Phi) is 8.52. The summed E-state index contributed by atoms with van der Waals surface area (Å²) in [6, 6.07) is 6.06. The van der Waals surface area contributed by atoms with Gasteiger partial charge >= 0.3 is 0 Å². The number of nitrogens with zero attached hydrogens (tertiary/aromatic N) is 3. The zero-order valence-electron chi connectivity index (χ0n) is 21.2. The highest BCUT2D eigenvalue weighted by atomic mass is 35.5. The fourth-order valence-electron chi connectivity index (χ4n) is 4.37. The predicted molar refractivity (Wildman–Crippen MR) is 144 cm³/mol. The van der Waals surface area contributed by atoms with Gasteiger partial charge in [0.2, 0.25) is 11.8 Å². The molecule has 4 rings (SSSR count). The fraction of sp³-hybridized carbons (Fsp3) is 0.462. The molecule has 1 aromatic heterocycles. The van der Waals surface area contributed by atoms with E-state index in [0.717, 1.165) is 6.42 Å². The third-order valence-corrected chi connectivity index (χ3v) is 7.58. The van der Waals surface area contributed by atoms with Crippen LogP contribution in [0.15, 0.2) is 36.7 Å². The molecule has 2 amide bonds. The van der Waals surface area contributed by atoms with E-state index in [1.807, 2.05) is 0 Å². The summed E-state index contributed by atoms with van der Waals surface area (Å²) in [5.41, 5.74) is 0.515. The van der Waals surface area contributed by atoms with E-state index < -0.39 is 22.3 Å². The summed E-state index contributed by atoms with van der Waals surface area (Å²) in [7, 11) is 0. The van der Waals surface area contributed by atoms with Gasteiger partial charge in [-0.3, -0.25) is 19.8 Å². The van der Waals surface area contributed by atoms with Crippen molar-refractivity contribution in [3.05, 3.63) is 48.0 Å². The van der Waals surface area contributed by atoms with E-state index in [1.165, 1.54) is 6.92 Å². The minimum atomic E-state index is -0.776. The molecule has 2 aromatic rings. The van der Waals surface area contributed by atoms with E-state index >= 15 is 0 Å². The van der Waals surface area contributed by atoms with E-state index in [4.69, 9.17) is 33.3 Å². The number of aromatic nitrogens is 2. The first-order valence-corrected chi connectivity index (χ1v) is 13.2. The van der Waals surface area contributed by atoms with Gasteiger partial charge in [0.25, 0.3) is 0 Å². The maximum atomic E-state index is 13.1. The number of ketones is 1. The van der Waals surface area contributed by atoms with Crippen LogP contribution >= 0.6 is 23.2 Å². The van der Waals surface area contributed by atoms with Crippen molar-refractivity contribution in [2.45, 2.75) is 49.6 Å². The third kappa shape index (κ3) is 6.60. The van der Waals surface area contributed by atoms with Crippen LogP contribution in [0.2, 0.25) is 0 Å². The molecule has 3 N–H and O–H groups in total. The number of benzene rings is 1. The van der Waals surface area contributed by atoms with Crippen molar-refractivity contribution in [2.24, 2.45) is 5.92 Å². The summed E-state index contributed by atoms with van der Waals surface area (Å²) in [5.74, 6) is 0.0349. The number of alkyl halides is 2. The van der Waals surface area contributed by atoms with Crippen molar-refractivity contribution in [1.82, 2.24) is 20.2 Å². The highest BCUT2D eigenvalue weighted by Gasteiger charge is 2.51. The smallest absolute Gasteiger partial charge is 0.242 e. The number of anilines is 1. The number of amides is 2. The Morgan fingerprint density at radius 2 is 1.97 bits per heavy atom. The molecule has 0 radical (unpaired) electrons. The third-order valence-electron chi connectivity index (χ3n) is 6.66. The van der Waals surface area contributed by atoms with Crippen LogP contribution in [0.5, 0.6) is 5.75 Å². The van der Waals surface area contributed by atoms with Gasteiger partial charge in [0.15, 0.2) is 17.7 Å². The first kappa shape index (κ1) is 27.8. The lowest BCUT2D eigenvalue weighted by molar-refractivity contribution is -0.137. The minimum Gasteiger partial charge on any atom is -0.483 e. The average Bonchev–Trinajstić information content (AvgIpc) is 3.26. The summed E-state index contributed by atoms with van der Waals surface area (Å²) in [6.45, 7) is 3.84. The van der Waals surface area contributed by atoms with Gasteiger partial charge in [-0.2, -0.15) is 0 Å². The van der Waals surface area contributed by atoms with Crippen LogP contribution in [0.1, 0.15) is 50.6 Å². The molecule has 1 aromatic carbocycles. The van der Waals surface area contributed by atoms with Gasteiger partial charge in [-0.25, -0.2) is 9.97 Å². The minimum absolute atomic E-state index is 0.0205. The lowest BCUT2D eigenvalue weighted by Crippen LogP contribution is -2.48. The number of halogens is 2. The molecule has 3 atom stereocenters. The molecule has 1 saturated carbocycles. The number of hydrogen-bond acceptors (Lipinski definition) is 8. The van der Waals surface area contributed by atoms with Gasteiger partial charge in [-0.15, -0.1) is 23.2 Å². The molecule has 38 heavy (non-hydrogen) atoms. The van der Waals surface area contributed by atoms with Crippen molar-refractivity contribution in [3.63, 3.8) is 0 Å². The largest absolute Gasteiger partial charge is 0.483 e. The number of nitrogens with one attached hydrogen (secondary N) is 3. The first-order valence-electron chi connectivity index (χ1n) is 12.4. The molecule has 1 aliphatic heterocycles. The van der Waals surface area contributed by atoms with Crippen molar-refractivity contribution in [3.8, 4) is 5.75 Å². The molecule has 2 fully saturated rings. The zero-order valence-corrected chi connectivity index (χ0v) is 22.7. The van der Waals surface area contributed by atoms with Crippen LogP contribution < -0.4 is 15.4 Å². The van der Waals surface area contributed by atoms with Gasteiger partial charge in [-0.05, 0) is 50.5 Å². The van der Waals surface area contributed by atoms with Crippen LogP contribution in [0.4, 0.5) is 5.69 Å². The number of carbonyl (C=O) groups is 3. The zero-order chi connectivity index (χ0) is 27.4. The SMILES string of the molecule is CC(=O)C(=N)c1cc(OC(C)c2ncccn2)ccc1NCC(=O)N1CCC[C@H]1C(=O)NC[C@H]1CC1(Cl)Cl. The summed E-state index contributed by atoms with van der Waals surface area (Å²) in [6.07, 6.45) is 4.71. The van der Waals surface area contributed by atoms with Crippen LogP contribution in [-0.4, -0.2) is 68.2 Å². The lowest BCUT2D eigenvalue weighted by Gasteiger charge is -2.25. The number of rotatable bonds is 11. The van der Waals surface area contributed by atoms with Crippen molar-refractivity contribution >= 4 is 52.2 Å². The van der Waals surface area contributed by atoms with E-state index in [-0.39, 0.29) is 30.0 Å². The van der Waals surface area contributed by atoms with Crippen LogP contribution in [0, 0.1) is 11.3 Å². The second kappa shape index (κ2) is 11.7. The number of hydrogen-bond donors (Lipinski definition) is 3. The molecular formula is C26H30Cl2N6O4. The van der Waals surface area contributed by atoms with Crippen molar-refractivity contribution < 1.29 is 19.1 Å². The molecule has 1 aliphatic carbocycles. The molecule has 0 bridgehead atoms. The highest BCUT2D eigenvalue weighted by molar-refractivity contribution is 6.50. The molecule has 1 saturated heterocycles. The molecule has 0 spiro atoms. The Hall–Kier alpha value is -3.24. The molecule has 10 nitrogen and oxygen atoms in total. The normalized spacial score (nSPS) is 20.4. The van der Waals surface area contributed by atoms with Crippen molar-refractivity contribution in [2.75, 3.05) is 25.0 Å². The predicted octanol–water partition coefficient (Wildman–Crippen LogP) is 3.29. The fourth-order valence-corrected chi connectivity index (χ4v) is 4.89. The van der Waals surface area contributed by atoms with Gasteiger partial charge in [0.05, 0.1) is 6.54 Å². The first-order chi connectivity index (χ1) is 18.1. The second-order valence-corrected chi connectivity index (χ2v) is 11.1. The Balaban J connectivity index is 1.40. The van der Waals surface area contributed by atoms with Crippen LogP contribution in [0.25, 0.3) is 0 Å². The van der Waals surface area contributed by atoms with Gasteiger partial charge in [0.1, 0.15) is 21.8 Å². The number of carbonyl (C=O) groups excluding carboxylic acids is 3. The highest BCUT2D eigenvalue weighted by Crippen LogP contribution is 2.52. The summed E-state index contributed by atoms with van der Waals surface area (Å²) < 4.78 is 5.16. The van der Waals surface area contributed by atoms with Crippen LogP contribution in [0.3, 0.4) is 0 Å². The molecular weight excluding hydrogens is 531 g/mol. The van der Waals surface area contributed by atoms with Crippen molar-refractivity contribution in [1.29, 1.82) is 5.41 Å². The maximum absolute atomic E-state index is 13.1. The van der Waals surface area contributed by atoms with E-state index in [0.29, 0.717) is 48.8 Å². The molecule has 202 valence electrons. The topological polar surface area (TPSA) is 137 Å². The Bertz CT molecular complexity index is 1230. The Morgan fingerprint density at radius 1 is 1.26 bits per heavy atom. The summed E-state index contributed by atoms with van der Waals surface area (Å²) >= 11 is 12.1. The molecule has 1 unspecified atom stereocenters. The van der Waals surface area contributed by atoms with Crippen LogP contribution in [-0.2, 0) is 14.4 Å². The lowest BCUT2D eigenvalue weighted by atomic mass is 10.0. The maximum Gasteiger partial charge on any atom is 0.242 e. The standard InChI is InChI=1S/C26H30Cl2N6O4/c1-15(35)23(29)19-11-18(38-16(2)24-30-8-4-9-31-24)6-7-20(19)32-14-22(36)34-10-3-5-21(34)25(37)33-13-17-12-26(17,27)28/h4,6-9,11,16-17,21,29,32H,3,5,10,12-14H2,1-2H3,(H,33,37)/t16?,17-,21+/m1/s1. The number of ether oxygens (including phenoxy) is 1. The quantitative estimate of drug-likeness (QED) is 0.283. The molecule has 2 aliphatic rings. The number of Topliss-reactive ketones (excluding diaryl/α,β-unsaturated/α-hetero) is 1. The van der Waals surface area contributed by atoms with E-state index in [2.05, 4.69) is 20.6 Å². The summed E-state index contributed by atoms with van der Waals surface area (Å²) in [5, 5.41) is 14.2. The molecule has 2 heterocycles. The monoisotopic (exact) mass is 560 g/mol. The van der Waals surface area contributed by atoms with Gasteiger partial charge < -0.3 is 20.3 Å². The summed E-state index contributed by atoms with van der Waals surface area (Å²) in [4.78, 5) is 47.7. The second-order valence-electron chi connectivity index (χ2n) is 9.51.